The lowest BCUT2D eigenvalue weighted by Gasteiger charge is -2.08. The van der Waals surface area contributed by atoms with E-state index in [2.05, 4.69) is 17.2 Å². The first-order chi connectivity index (χ1) is 10.0. The first kappa shape index (κ1) is 16.2. The van der Waals surface area contributed by atoms with Crippen LogP contribution in [-0.2, 0) is 0 Å². The van der Waals surface area contributed by atoms with E-state index in [9.17, 15) is 4.79 Å². The van der Waals surface area contributed by atoms with Crippen LogP contribution in [0.4, 0.5) is 5.69 Å². The molecule has 0 aliphatic carbocycles. The number of carbonyl (C=O) groups is 1. The van der Waals surface area contributed by atoms with E-state index in [1.54, 1.807) is 12.1 Å². The molecule has 0 unspecified atom stereocenters. The van der Waals surface area contributed by atoms with E-state index >= 15 is 0 Å². The number of carbonyl (C=O) groups excluding carboxylic acids is 1. The molecule has 1 amide bonds. The van der Waals surface area contributed by atoms with Gasteiger partial charge in [-0.25, -0.2) is 0 Å². The van der Waals surface area contributed by atoms with Gasteiger partial charge in [-0.2, -0.15) is 0 Å². The summed E-state index contributed by atoms with van der Waals surface area (Å²) in [6, 6.07) is 6.46. The van der Waals surface area contributed by atoms with Gasteiger partial charge in [0, 0.05) is 5.02 Å². The van der Waals surface area contributed by atoms with Gasteiger partial charge in [0.2, 0.25) is 0 Å². The van der Waals surface area contributed by atoms with Crippen LogP contribution >= 0.6 is 46.1 Å². The molecule has 1 aromatic heterocycles. The fourth-order valence-corrected chi connectivity index (χ4v) is 3.19. The monoisotopic (exact) mass is 358 g/mol. The molecule has 0 saturated carbocycles. The predicted molar refractivity (Wildman–Crippen MR) is 89.7 cm³/mol. The van der Waals surface area contributed by atoms with Crippen molar-refractivity contribution in [3.63, 3.8) is 0 Å². The number of hydrogen-bond acceptors (Lipinski definition) is 3. The van der Waals surface area contributed by atoms with Gasteiger partial charge in [-0.3, -0.25) is 4.79 Å². The van der Waals surface area contributed by atoms with Crippen molar-refractivity contribution in [1.82, 2.24) is 0 Å². The number of nitrogens with one attached hydrogen (secondary N) is 1. The largest absolute Gasteiger partial charge is 0.320 e. The summed E-state index contributed by atoms with van der Waals surface area (Å²) in [5, 5.41) is 3.63. The Bertz CT molecular complexity index is 723. The molecule has 2 rings (SSSR count). The van der Waals surface area contributed by atoms with Gasteiger partial charge in [0.25, 0.3) is 5.91 Å². The lowest BCUT2D eigenvalue weighted by molar-refractivity contribution is 0.103. The van der Waals surface area contributed by atoms with Gasteiger partial charge in [0.05, 0.1) is 32.0 Å². The number of hydrogen-bond donors (Lipinski definition) is 2. The molecule has 3 nitrogen and oxygen atoms in total. The van der Waals surface area contributed by atoms with Crippen LogP contribution in [0.2, 0.25) is 15.1 Å². The maximum atomic E-state index is 12.2. The fraction of sp³-hybridized carbons (Fsp3) is 0.0714. The average Bonchev–Trinajstić information content (AvgIpc) is 2.89. The third-order valence-electron chi connectivity index (χ3n) is 2.39. The summed E-state index contributed by atoms with van der Waals surface area (Å²) >= 11 is 19.1. The Morgan fingerprint density at radius 3 is 2.52 bits per heavy atom. The van der Waals surface area contributed by atoms with Crippen LogP contribution in [0.25, 0.3) is 0 Å². The van der Waals surface area contributed by atoms with Crippen LogP contribution < -0.4 is 11.1 Å². The number of rotatable bonds is 2. The van der Waals surface area contributed by atoms with Crippen LogP contribution in [0.5, 0.6) is 0 Å². The predicted octanol–water partition coefficient (Wildman–Crippen LogP) is 4.27. The Morgan fingerprint density at radius 2 is 1.90 bits per heavy atom. The second kappa shape index (κ2) is 7.17. The molecule has 2 aromatic rings. The summed E-state index contributed by atoms with van der Waals surface area (Å²) in [6.45, 7) is 0.273. The number of halogens is 3. The van der Waals surface area contributed by atoms with Crippen molar-refractivity contribution >= 4 is 57.7 Å². The smallest absolute Gasteiger partial charge is 0.265 e. The Morgan fingerprint density at radius 1 is 1.24 bits per heavy atom. The Labute approximate surface area is 141 Å². The van der Waals surface area contributed by atoms with Gasteiger partial charge >= 0.3 is 0 Å². The number of amides is 1. The van der Waals surface area contributed by atoms with E-state index in [1.807, 2.05) is 0 Å². The van der Waals surface area contributed by atoms with Crippen LogP contribution in [0.15, 0.2) is 24.3 Å². The molecule has 0 bridgehead atoms. The van der Waals surface area contributed by atoms with E-state index < -0.39 is 0 Å². The van der Waals surface area contributed by atoms with Gasteiger partial charge < -0.3 is 11.1 Å². The molecule has 0 aliphatic rings. The zero-order valence-corrected chi connectivity index (χ0v) is 13.6. The number of nitrogens with two attached hydrogens (primary N) is 1. The van der Waals surface area contributed by atoms with Crippen molar-refractivity contribution < 1.29 is 4.79 Å². The Balaban J connectivity index is 2.20. The number of thiophene rings is 1. The molecular weight excluding hydrogens is 351 g/mol. The SMILES string of the molecule is NCC#Cc1ccc(C(=O)Nc2c(Cl)cc(Cl)cc2Cl)s1. The van der Waals surface area contributed by atoms with Gasteiger partial charge in [-0.05, 0) is 24.3 Å². The summed E-state index contributed by atoms with van der Waals surface area (Å²) in [5.41, 5.74) is 5.63. The fourth-order valence-electron chi connectivity index (χ4n) is 1.50. The number of benzene rings is 1. The maximum absolute atomic E-state index is 12.2. The van der Waals surface area contributed by atoms with Crippen molar-refractivity contribution in [2.24, 2.45) is 5.73 Å². The topological polar surface area (TPSA) is 55.1 Å². The normalized spacial score (nSPS) is 9.90. The highest BCUT2D eigenvalue weighted by atomic mass is 35.5. The molecular formula is C14H9Cl3N2OS. The zero-order chi connectivity index (χ0) is 15.4. The van der Waals surface area contributed by atoms with Crippen LogP contribution in [0.1, 0.15) is 14.5 Å². The molecule has 0 atom stereocenters. The molecule has 21 heavy (non-hydrogen) atoms. The van der Waals surface area contributed by atoms with Gasteiger partial charge in [-0.1, -0.05) is 46.6 Å². The second-order valence-electron chi connectivity index (χ2n) is 3.87. The third kappa shape index (κ3) is 4.13. The molecule has 0 radical (unpaired) electrons. The average molecular weight is 360 g/mol. The van der Waals surface area contributed by atoms with Crippen molar-refractivity contribution in [2.45, 2.75) is 0 Å². The highest BCUT2D eigenvalue weighted by Crippen LogP contribution is 2.34. The van der Waals surface area contributed by atoms with Crippen molar-refractivity contribution in [3.05, 3.63) is 49.1 Å². The molecule has 3 N–H and O–H groups in total. The van der Waals surface area contributed by atoms with Crippen LogP contribution in [0.3, 0.4) is 0 Å². The molecule has 0 aliphatic heterocycles. The highest BCUT2D eigenvalue weighted by molar-refractivity contribution is 7.14. The first-order valence-electron chi connectivity index (χ1n) is 5.76. The van der Waals surface area contributed by atoms with E-state index in [0.717, 1.165) is 4.88 Å². The molecule has 1 heterocycles. The first-order valence-corrected chi connectivity index (χ1v) is 7.71. The summed E-state index contributed by atoms with van der Waals surface area (Å²) in [7, 11) is 0. The van der Waals surface area contributed by atoms with E-state index in [1.165, 1.54) is 23.5 Å². The minimum Gasteiger partial charge on any atom is -0.320 e. The molecule has 0 spiro atoms. The summed E-state index contributed by atoms with van der Waals surface area (Å²) in [6.07, 6.45) is 0. The Hall–Kier alpha value is -1.22. The van der Waals surface area contributed by atoms with Crippen LogP contribution in [-0.4, -0.2) is 12.5 Å². The third-order valence-corrected chi connectivity index (χ3v) is 4.20. The second-order valence-corrected chi connectivity index (χ2v) is 6.20. The summed E-state index contributed by atoms with van der Waals surface area (Å²) in [4.78, 5) is 13.4. The molecule has 7 heteroatoms. The minimum atomic E-state index is -0.313. The molecule has 0 fully saturated rings. The minimum absolute atomic E-state index is 0.273. The molecule has 0 saturated heterocycles. The molecule has 1 aromatic carbocycles. The highest BCUT2D eigenvalue weighted by Gasteiger charge is 2.14. The van der Waals surface area contributed by atoms with Crippen molar-refractivity contribution in [3.8, 4) is 11.8 Å². The van der Waals surface area contributed by atoms with Crippen molar-refractivity contribution in [2.75, 3.05) is 11.9 Å². The van der Waals surface area contributed by atoms with E-state index in [0.29, 0.717) is 15.6 Å². The standard InChI is InChI=1S/C14H9Cl3N2OS/c15-8-6-10(16)13(11(17)7-8)19-14(20)12-4-3-9(21-12)2-1-5-18/h3-4,6-7H,5,18H2,(H,19,20). The zero-order valence-electron chi connectivity index (χ0n) is 10.5. The van der Waals surface area contributed by atoms with Crippen LogP contribution in [0, 0.1) is 11.8 Å². The van der Waals surface area contributed by atoms with E-state index in [-0.39, 0.29) is 22.5 Å². The lowest BCUT2D eigenvalue weighted by atomic mass is 10.3. The van der Waals surface area contributed by atoms with Crippen molar-refractivity contribution in [1.29, 1.82) is 0 Å². The Kier molecular flexibility index (Phi) is 5.51. The van der Waals surface area contributed by atoms with Gasteiger partial charge in [-0.15, -0.1) is 11.3 Å². The summed E-state index contributed by atoms with van der Waals surface area (Å²) < 4.78 is 0. The summed E-state index contributed by atoms with van der Waals surface area (Å²) in [5.74, 6) is 5.29. The van der Waals surface area contributed by atoms with Gasteiger partial charge in [0.1, 0.15) is 0 Å². The lowest BCUT2D eigenvalue weighted by Crippen LogP contribution is -2.10. The number of anilines is 1. The molecule has 108 valence electrons. The van der Waals surface area contributed by atoms with Gasteiger partial charge in [0.15, 0.2) is 0 Å². The van der Waals surface area contributed by atoms with E-state index in [4.69, 9.17) is 40.5 Å². The quantitative estimate of drug-likeness (QED) is 0.787. The maximum Gasteiger partial charge on any atom is 0.265 e.